The highest BCUT2D eigenvalue weighted by molar-refractivity contribution is 14.0. The van der Waals surface area contributed by atoms with Crippen molar-refractivity contribution in [1.29, 1.82) is 0 Å². The van der Waals surface area contributed by atoms with Crippen LogP contribution >= 0.6 is 24.0 Å². The minimum atomic E-state index is 0. The van der Waals surface area contributed by atoms with Crippen LogP contribution in [0, 0.1) is 0 Å². The number of anilines is 1. The Morgan fingerprint density at radius 1 is 1.30 bits per heavy atom. The molecule has 0 bridgehead atoms. The monoisotopic (exact) mass is 524 g/mol. The summed E-state index contributed by atoms with van der Waals surface area (Å²) in [5.74, 6) is 0.958. The molecule has 1 atom stereocenters. The molecule has 0 saturated carbocycles. The van der Waals surface area contributed by atoms with Gasteiger partial charge in [0, 0.05) is 51.2 Å². The molecule has 0 spiro atoms. The summed E-state index contributed by atoms with van der Waals surface area (Å²) in [5.41, 5.74) is 5.20. The van der Waals surface area contributed by atoms with Gasteiger partial charge in [0.25, 0.3) is 0 Å². The highest BCUT2D eigenvalue weighted by atomic mass is 127. The molecule has 2 aliphatic heterocycles. The van der Waals surface area contributed by atoms with E-state index in [1.54, 1.807) is 0 Å². The third-order valence-electron chi connectivity index (χ3n) is 5.70. The average molecular weight is 524 g/mol. The highest BCUT2D eigenvalue weighted by Crippen LogP contribution is 2.27. The molecule has 8 heteroatoms. The van der Waals surface area contributed by atoms with Crippen molar-refractivity contribution >= 4 is 35.6 Å². The van der Waals surface area contributed by atoms with Crippen LogP contribution in [-0.2, 0) is 24.8 Å². The van der Waals surface area contributed by atoms with Crippen LogP contribution in [0.3, 0.4) is 0 Å². The largest absolute Gasteiger partial charge is 0.374 e. The first-order valence-corrected chi connectivity index (χ1v) is 10.6. The van der Waals surface area contributed by atoms with E-state index >= 15 is 0 Å². The molecule has 0 aliphatic carbocycles. The van der Waals surface area contributed by atoms with Crippen LogP contribution in [0.15, 0.2) is 35.6 Å². The van der Waals surface area contributed by atoms with E-state index in [1.165, 1.54) is 23.2 Å². The summed E-state index contributed by atoms with van der Waals surface area (Å²) >= 11 is 0. The summed E-state index contributed by atoms with van der Waals surface area (Å²) < 4.78 is 7.81. The molecule has 1 saturated heterocycles. The molecule has 1 N–H and O–H groups in total. The number of morpholine rings is 1. The maximum Gasteiger partial charge on any atom is 0.194 e. The summed E-state index contributed by atoms with van der Waals surface area (Å²) in [6.07, 6.45) is 6.33. The number of halogens is 1. The highest BCUT2D eigenvalue weighted by Gasteiger charge is 2.25. The van der Waals surface area contributed by atoms with E-state index in [1.807, 2.05) is 24.1 Å². The van der Waals surface area contributed by atoms with Crippen LogP contribution < -0.4 is 10.2 Å². The molecule has 7 nitrogen and oxygen atoms in total. The Hall–Kier alpha value is -1.81. The van der Waals surface area contributed by atoms with Gasteiger partial charge in [-0.3, -0.25) is 4.68 Å². The van der Waals surface area contributed by atoms with E-state index in [-0.39, 0.29) is 30.1 Å². The van der Waals surface area contributed by atoms with Crippen LogP contribution in [0.1, 0.15) is 36.1 Å². The predicted molar refractivity (Wildman–Crippen MR) is 132 cm³/mol. The van der Waals surface area contributed by atoms with E-state index in [9.17, 15) is 0 Å². The number of aliphatic imine (C=N–C) groups is 1. The van der Waals surface area contributed by atoms with Crippen LogP contribution in [0.4, 0.5) is 5.69 Å². The van der Waals surface area contributed by atoms with E-state index in [0.717, 1.165) is 44.1 Å². The first-order valence-electron chi connectivity index (χ1n) is 10.6. The van der Waals surface area contributed by atoms with Gasteiger partial charge in [-0.1, -0.05) is 12.1 Å². The molecule has 1 aromatic carbocycles. The van der Waals surface area contributed by atoms with Crippen molar-refractivity contribution < 1.29 is 4.74 Å². The Morgan fingerprint density at radius 2 is 2.17 bits per heavy atom. The second-order valence-corrected chi connectivity index (χ2v) is 7.91. The van der Waals surface area contributed by atoms with Crippen LogP contribution in [-0.4, -0.2) is 60.5 Å². The van der Waals surface area contributed by atoms with Crippen LogP contribution in [0.25, 0.3) is 0 Å². The zero-order chi connectivity index (χ0) is 20.2. The number of hydrogen-bond donors (Lipinski definition) is 1. The maximum atomic E-state index is 5.99. The lowest BCUT2D eigenvalue weighted by Gasteiger charge is -2.34. The SMILES string of the molecule is CCNC(=NCc1ccc2c(c1)CCCN2C)N1CCOC(c2cnn(C)c2)C1.I. The van der Waals surface area contributed by atoms with Crippen molar-refractivity contribution in [2.45, 2.75) is 32.4 Å². The number of nitrogens with one attached hydrogen (secondary N) is 1. The zero-order valence-electron chi connectivity index (χ0n) is 18.2. The number of ether oxygens (including phenoxy) is 1. The topological polar surface area (TPSA) is 57.9 Å². The average Bonchev–Trinajstić information content (AvgIpc) is 3.18. The fourth-order valence-corrected chi connectivity index (χ4v) is 4.18. The summed E-state index contributed by atoms with van der Waals surface area (Å²) in [6.45, 7) is 7.11. The molecule has 1 unspecified atom stereocenters. The lowest BCUT2D eigenvalue weighted by molar-refractivity contribution is -0.00805. The molecular weight excluding hydrogens is 491 g/mol. The molecule has 4 rings (SSSR count). The summed E-state index contributed by atoms with van der Waals surface area (Å²) in [6, 6.07) is 6.79. The third kappa shape index (κ3) is 5.26. The first kappa shape index (κ1) is 22.9. The molecule has 164 valence electrons. The van der Waals surface area contributed by atoms with Crippen LogP contribution in [0.2, 0.25) is 0 Å². The molecule has 0 radical (unpaired) electrons. The number of aryl methyl sites for hydroxylation is 2. The number of hydrogen-bond acceptors (Lipinski definition) is 4. The van der Waals surface area contributed by atoms with Crippen molar-refractivity contribution in [3.8, 4) is 0 Å². The molecule has 2 aromatic rings. The first-order chi connectivity index (χ1) is 14.1. The van der Waals surface area contributed by atoms with Gasteiger partial charge in [0.1, 0.15) is 6.10 Å². The number of fused-ring (bicyclic) bond motifs is 1. The molecule has 1 aromatic heterocycles. The van der Waals surface area contributed by atoms with Crippen LogP contribution in [0.5, 0.6) is 0 Å². The maximum absolute atomic E-state index is 5.99. The second-order valence-electron chi connectivity index (χ2n) is 7.91. The Balaban J connectivity index is 0.00000256. The summed E-state index contributed by atoms with van der Waals surface area (Å²) in [7, 11) is 4.11. The number of benzene rings is 1. The van der Waals surface area contributed by atoms with Gasteiger partial charge < -0.3 is 19.9 Å². The van der Waals surface area contributed by atoms with E-state index < -0.39 is 0 Å². The normalized spacial score (nSPS) is 19.3. The van der Waals surface area contributed by atoms with Gasteiger partial charge in [-0.15, -0.1) is 24.0 Å². The number of rotatable bonds is 4. The Morgan fingerprint density at radius 3 is 2.93 bits per heavy atom. The van der Waals surface area contributed by atoms with Crippen molar-refractivity contribution in [2.24, 2.45) is 12.0 Å². The minimum absolute atomic E-state index is 0. The number of guanidine groups is 1. The quantitative estimate of drug-likeness (QED) is 0.379. The van der Waals surface area contributed by atoms with E-state index in [2.05, 4.69) is 52.4 Å². The molecule has 0 amide bonds. The lowest BCUT2D eigenvalue weighted by atomic mass is 10.00. The fraction of sp³-hybridized carbons (Fsp3) is 0.545. The number of aromatic nitrogens is 2. The van der Waals surface area contributed by atoms with Gasteiger partial charge in [0.05, 0.1) is 25.9 Å². The molecule has 2 aliphatic rings. The van der Waals surface area contributed by atoms with E-state index in [4.69, 9.17) is 9.73 Å². The van der Waals surface area contributed by atoms with Crippen molar-refractivity contribution in [2.75, 3.05) is 44.7 Å². The van der Waals surface area contributed by atoms with Gasteiger partial charge >= 0.3 is 0 Å². The second kappa shape index (κ2) is 10.5. The molecule has 30 heavy (non-hydrogen) atoms. The van der Waals surface area contributed by atoms with E-state index in [0.29, 0.717) is 13.2 Å². The van der Waals surface area contributed by atoms with Gasteiger partial charge in [0.2, 0.25) is 0 Å². The molecule has 3 heterocycles. The van der Waals surface area contributed by atoms with Gasteiger partial charge in [-0.2, -0.15) is 5.10 Å². The standard InChI is InChI=1S/C22H32N6O.HI/c1-4-23-22(28-10-11-29-21(16-28)19-14-25-27(3)15-19)24-13-17-7-8-20-18(12-17)6-5-9-26(20)2;/h7-8,12,14-15,21H,4-6,9-11,13,16H2,1-3H3,(H,23,24);1H. The fourth-order valence-electron chi connectivity index (χ4n) is 4.18. The zero-order valence-corrected chi connectivity index (χ0v) is 20.5. The summed E-state index contributed by atoms with van der Waals surface area (Å²) in [4.78, 5) is 9.60. The molecule has 1 fully saturated rings. The Bertz CT molecular complexity index is 867. The smallest absolute Gasteiger partial charge is 0.194 e. The summed E-state index contributed by atoms with van der Waals surface area (Å²) in [5, 5.41) is 7.74. The lowest BCUT2D eigenvalue weighted by Crippen LogP contribution is -2.48. The number of nitrogens with zero attached hydrogens (tertiary/aromatic N) is 5. The third-order valence-corrected chi connectivity index (χ3v) is 5.70. The van der Waals surface area contributed by atoms with Gasteiger partial charge in [-0.05, 0) is 37.0 Å². The predicted octanol–water partition coefficient (Wildman–Crippen LogP) is 2.96. The Kier molecular flexibility index (Phi) is 7.99. The van der Waals surface area contributed by atoms with Gasteiger partial charge in [-0.25, -0.2) is 4.99 Å². The van der Waals surface area contributed by atoms with Gasteiger partial charge in [0.15, 0.2) is 5.96 Å². The molecular formula is C22H33IN6O. The van der Waals surface area contributed by atoms with Crippen molar-refractivity contribution in [3.05, 3.63) is 47.3 Å². The van der Waals surface area contributed by atoms with Crippen molar-refractivity contribution in [1.82, 2.24) is 20.0 Å². The van der Waals surface area contributed by atoms with Crippen molar-refractivity contribution in [3.63, 3.8) is 0 Å². The minimum Gasteiger partial charge on any atom is -0.374 e. The Labute approximate surface area is 196 Å².